The standard InChI is InChI=1S/C19H24N2O6/c1-13(22)14-5-3-7-16(9-14)27-12-18(24)20(2)11-17(23)21-8-4-6-15(10-21)19(25)26/h3,5,7,9,15H,4,6,8,10-12H2,1-2H3,(H,25,26). The predicted molar refractivity (Wildman–Crippen MR) is 96.5 cm³/mol. The van der Waals surface area contributed by atoms with Gasteiger partial charge in [-0.1, -0.05) is 12.1 Å². The first-order chi connectivity index (χ1) is 12.8. The maximum absolute atomic E-state index is 12.3. The smallest absolute Gasteiger partial charge is 0.308 e. The van der Waals surface area contributed by atoms with Crippen LogP contribution in [0.15, 0.2) is 24.3 Å². The highest BCUT2D eigenvalue weighted by molar-refractivity contribution is 5.94. The van der Waals surface area contributed by atoms with E-state index in [9.17, 15) is 19.2 Å². The monoisotopic (exact) mass is 376 g/mol. The molecule has 1 N–H and O–H groups in total. The van der Waals surface area contributed by atoms with Crippen molar-refractivity contribution in [3.05, 3.63) is 29.8 Å². The number of nitrogens with zero attached hydrogens (tertiary/aromatic N) is 2. The van der Waals surface area contributed by atoms with Gasteiger partial charge in [0.2, 0.25) is 5.91 Å². The van der Waals surface area contributed by atoms with Crippen LogP contribution in [0.4, 0.5) is 0 Å². The molecular formula is C19H24N2O6. The number of piperidine rings is 1. The number of carbonyl (C=O) groups excluding carboxylic acids is 3. The molecule has 0 saturated carbocycles. The Hall–Kier alpha value is -2.90. The highest BCUT2D eigenvalue weighted by Crippen LogP contribution is 2.17. The summed E-state index contributed by atoms with van der Waals surface area (Å²) in [7, 11) is 1.49. The zero-order valence-corrected chi connectivity index (χ0v) is 15.5. The van der Waals surface area contributed by atoms with E-state index in [1.807, 2.05) is 0 Å². The van der Waals surface area contributed by atoms with E-state index in [4.69, 9.17) is 9.84 Å². The minimum absolute atomic E-state index is 0.101. The maximum atomic E-state index is 12.3. The van der Waals surface area contributed by atoms with E-state index in [1.165, 1.54) is 23.8 Å². The number of carbonyl (C=O) groups is 4. The number of ketones is 1. The molecule has 0 aromatic heterocycles. The first-order valence-electron chi connectivity index (χ1n) is 8.76. The average Bonchev–Trinajstić information content (AvgIpc) is 2.66. The van der Waals surface area contributed by atoms with E-state index in [2.05, 4.69) is 0 Å². The molecule has 1 aliphatic heterocycles. The number of likely N-dealkylation sites (tertiary alicyclic amines) is 1. The Kier molecular flexibility index (Phi) is 6.92. The van der Waals surface area contributed by atoms with Gasteiger partial charge < -0.3 is 19.6 Å². The van der Waals surface area contributed by atoms with Crippen LogP contribution in [0.1, 0.15) is 30.1 Å². The van der Waals surface area contributed by atoms with Crippen LogP contribution >= 0.6 is 0 Å². The lowest BCUT2D eigenvalue weighted by Gasteiger charge is -2.32. The van der Waals surface area contributed by atoms with Gasteiger partial charge in [-0.2, -0.15) is 0 Å². The third-order valence-electron chi connectivity index (χ3n) is 4.52. The minimum atomic E-state index is -0.905. The number of aliphatic carboxylic acids is 1. The second-order valence-electron chi connectivity index (χ2n) is 6.64. The molecule has 2 amide bonds. The van der Waals surface area contributed by atoms with Crippen LogP contribution in [-0.2, 0) is 14.4 Å². The molecule has 1 unspecified atom stereocenters. The lowest BCUT2D eigenvalue weighted by molar-refractivity contribution is -0.147. The van der Waals surface area contributed by atoms with Crippen molar-refractivity contribution in [3.8, 4) is 5.75 Å². The number of Topliss-reactive ketones (excluding diaryl/α,β-unsaturated/α-hetero) is 1. The van der Waals surface area contributed by atoms with Gasteiger partial charge >= 0.3 is 5.97 Å². The zero-order chi connectivity index (χ0) is 20.0. The normalized spacial score (nSPS) is 16.5. The Balaban J connectivity index is 1.84. The summed E-state index contributed by atoms with van der Waals surface area (Å²) in [5.41, 5.74) is 0.488. The second-order valence-corrected chi connectivity index (χ2v) is 6.64. The number of amides is 2. The fourth-order valence-electron chi connectivity index (χ4n) is 2.86. The minimum Gasteiger partial charge on any atom is -0.484 e. The molecule has 1 fully saturated rings. The first kappa shape index (κ1) is 20.4. The summed E-state index contributed by atoms with van der Waals surface area (Å²) in [5, 5.41) is 9.10. The first-order valence-corrected chi connectivity index (χ1v) is 8.76. The van der Waals surface area contributed by atoms with Gasteiger partial charge in [-0.15, -0.1) is 0 Å². The molecule has 0 aliphatic carbocycles. The summed E-state index contributed by atoms with van der Waals surface area (Å²) in [6, 6.07) is 6.52. The number of benzene rings is 1. The molecule has 0 spiro atoms. The van der Waals surface area contributed by atoms with Crippen molar-refractivity contribution in [2.24, 2.45) is 5.92 Å². The van der Waals surface area contributed by atoms with Gasteiger partial charge in [0.15, 0.2) is 12.4 Å². The molecule has 146 valence electrons. The Morgan fingerprint density at radius 3 is 2.70 bits per heavy atom. The van der Waals surface area contributed by atoms with Crippen LogP contribution in [0, 0.1) is 5.92 Å². The Morgan fingerprint density at radius 1 is 1.30 bits per heavy atom. The summed E-state index contributed by atoms with van der Waals surface area (Å²) in [6.45, 7) is 1.72. The summed E-state index contributed by atoms with van der Waals surface area (Å²) in [5.74, 6) is -1.83. The fourth-order valence-corrected chi connectivity index (χ4v) is 2.86. The SMILES string of the molecule is CC(=O)c1cccc(OCC(=O)N(C)CC(=O)N2CCCC(C(=O)O)C2)c1. The van der Waals surface area contributed by atoms with E-state index >= 15 is 0 Å². The summed E-state index contributed by atoms with van der Waals surface area (Å²) in [4.78, 5) is 49.7. The van der Waals surface area contributed by atoms with Gasteiger partial charge in [0.25, 0.3) is 5.91 Å². The summed E-state index contributed by atoms with van der Waals surface area (Å²) in [6.07, 6.45) is 1.19. The van der Waals surface area contributed by atoms with E-state index in [-0.39, 0.29) is 37.3 Å². The molecule has 1 aromatic carbocycles. The van der Waals surface area contributed by atoms with Crippen LogP contribution in [0.5, 0.6) is 5.75 Å². The van der Waals surface area contributed by atoms with Crippen molar-refractivity contribution < 1.29 is 29.0 Å². The van der Waals surface area contributed by atoms with Crippen LogP contribution in [0.2, 0.25) is 0 Å². The van der Waals surface area contributed by atoms with Gasteiger partial charge in [-0.3, -0.25) is 19.2 Å². The molecule has 27 heavy (non-hydrogen) atoms. The zero-order valence-electron chi connectivity index (χ0n) is 15.5. The lowest BCUT2D eigenvalue weighted by Crippen LogP contribution is -2.47. The highest BCUT2D eigenvalue weighted by atomic mass is 16.5. The van der Waals surface area contributed by atoms with Crippen molar-refractivity contribution in [2.75, 3.05) is 33.3 Å². The van der Waals surface area contributed by atoms with E-state index in [0.29, 0.717) is 30.7 Å². The van der Waals surface area contributed by atoms with Crippen LogP contribution in [-0.4, -0.2) is 71.8 Å². The van der Waals surface area contributed by atoms with Crippen LogP contribution < -0.4 is 4.74 Å². The third-order valence-corrected chi connectivity index (χ3v) is 4.52. The van der Waals surface area contributed by atoms with Gasteiger partial charge in [-0.25, -0.2) is 0 Å². The number of hydrogen-bond donors (Lipinski definition) is 1. The number of ether oxygens (including phenoxy) is 1. The molecule has 1 saturated heterocycles. The molecule has 0 radical (unpaired) electrons. The molecule has 1 aromatic rings. The largest absolute Gasteiger partial charge is 0.484 e. The van der Waals surface area contributed by atoms with Crippen LogP contribution in [0.25, 0.3) is 0 Å². The van der Waals surface area contributed by atoms with Crippen molar-refractivity contribution in [1.29, 1.82) is 0 Å². The number of rotatable bonds is 7. The molecule has 8 nitrogen and oxygen atoms in total. The molecule has 8 heteroatoms. The predicted octanol–water partition coefficient (Wildman–Crippen LogP) is 1.05. The summed E-state index contributed by atoms with van der Waals surface area (Å²) < 4.78 is 5.41. The van der Waals surface area contributed by atoms with Gasteiger partial charge in [0.05, 0.1) is 12.5 Å². The van der Waals surface area contributed by atoms with Crippen molar-refractivity contribution >= 4 is 23.6 Å². The average molecular weight is 376 g/mol. The van der Waals surface area contributed by atoms with Gasteiger partial charge in [-0.05, 0) is 31.9 Å². The van der Waals surface area contributed by atoms with Gasteiger partial charge in [0, 0.05) is 25.7 Å². The molecule has 1 heterocycles. The Bertz CT molecular complexity index is 733. The highest BCUT2D eigenvalue weighted by Gasteiger charge is 2.29. The number of hydrogen-bond acceptors (Lipinski definition) is 5. The summed E-state index contributed by atoms with van der Waals surface area (Å²) >= 11 is 0. The van der Waals surface area contributed by atoms with Crippen LogP contribution in [0.3, 0.4) is 0 Å². The lowest BCUT2D eigenvalue weighted by atomic mass is 9.98. The number of likely N-dealkylation sites (N-methyl/N-ethyl adjacent to an activating group) is 1. The number of carboxylic acids is 1. The molecule has 1 atom stereocenters. The maximum Gasteiger partial charge on any atom is 0.308 e. The molecule has 1 aliphatic rings. The Morgan fingerprint density at radius 2 is 2.04 bits per heavy atom. The van der Waals surface area contributed by atoms with E-state index in [0.717, 1.165) is 0 Å². The second kappa shape index (κ2) is 9.16. The van der Waals surface area contributed by atoms with Gasteiger partial charge in [0.1, 0.15) is 5.75 Å². The Labute approximate surface area is 157 Å². The quantitative estimate of drug-likeness (QED) is 0.714. The van der Waals surface area contributed by atoms with Crippen molar-refractivity contribution in [2.45, 2.75) is 19.8 Å². The van der Waals surface area contributed by atoms with Crippen molar-refractivity contribution in [3.63, 3.8) is 0 Å². The number of carboxylic acid groups (broad SMARTS) is 1. The topological polar surface area (TPSA) is 104 Å². The van der Waals surface area contributed by atoms with E-state index < -0.39 is 11.9 Å². The third kappa shape index (κ3) is 5.80. The molecule has 0 bridgehead atoms. The fraction of sp³-hybridized carbons (Fsp3) is 0.474. The van der Waals surface area contributed by atoms with E-state index in [1.54, 1.807) is 24.3 Å². The molecule has 2 rings (SSSR count). The molecular weight excluding hydrogens is 352 g/mol. The van der Waals surface area contributed by atoms with Crippen molar-refractivity contribution in [1.82, 2.24) is 9.80 Å².